The first kappa shape index (κ1) is 17.7. The molecule has 1 aliphatic rings. The Morgan fingerprint density at radius 2 is 2.35 bits per heavy atom. The topological polar surface area (TPSA) is 51.7 Å². The van der Waals surface area contributed by atoms with Crippen LogP contribution in [0.25, 0.3) is 0 Å². The number of morpholine rings is 1. The van der Waals surface area contributed by atoms with E-state index in [2.05, 4.69) is 18.8 Å². The Balaban J connectivity index is 1.96. The van der Waals surface area contributed by atoms with Crippen molar-refractivity contribution in [2.45, 2.75) is 46.1 Å². The van der Waals surface area contributed by atoms with Gasteiger partial charge in [0.15, 0.2) is 0 Å². The number of hydrogen-bond donors (Lipinski definition) is 0. The molecule has 0 aliphatic carbocycles. The Kier molecular flexibility index (Phi) is 6.84. The van der Waals surface area contributed by atoms with Crippen LogP contribution >= 0.6 is 0 Å². The molecule has 5 nitrogen and oxygen atoms in total. The summed E-state index contributed by atoms with van der Waals surface area (Å²) in [5.41, 5.74) is 0.539. The lowest BCUT2D eigenvalue weighted by atomic mass is 10.0. The largest absolute Gasteiger partial charge is 0.477 e. The molecule has 128 valence electrons. The van der Waals surface area contributed by atoms with Gasteiger partial charge in [0.25, 0.3) is 5.91 Å². The SMILES string of the molecule is CCOc1ncccc1C(=O)N1CCO[C@H](CCCC(C)C)C1. The van der Waals surface area contributed by atoms with Gasteiger partial charge in [-0.25, -0.2) is 4.98 Å². The fraction of sp³-hybridized carbons (Fsp3) is 0.667. The van der Waals surface area contributed by atoms with E-state index >= 15 is 0 Å². The highest BCUT2D eigenvalue weighted by molar-refractivity contribution is 5.96. The van der Waals surface area contributed by atoms with E-state index in [-0.39, 0.29) is 12.0 Å². The molecular formula is C18H28N2O3. The fourth-order valence-electron chi connectivity index (χ4n) is 2.81. The first-order chi connectivity index (χ1) is 11.1. The van der Waals surface area contributed by atoms with Crippen LogP contribution in [-0.2, 0) is 4.74 Å². The Hall–Kier alpha value is -1.62. The van der Waals surface area contributed by atoms with Crippen molar-refractivity contribution in [1.82, 2.24) is 9.88 Å². The minimum Gasteiger partial charge on any atom is -0.477 e. The van der Waals surface area contributed by atoms with Crippen LogP contribution in [-0.4, -0.2) is 48.2 Å². The molecule has 0 aromatic carbocycles. The zero-order valence-corrected chi connectivity index (χ0v) is 14.5. The van der Waals surface area contributed by atoms with Crippen molar-refractivity contribution in [3.8, 4) is 5.88 Å². The number of hydrogen-bond acceptors (Lipinski definition) is 4. The summed E-state index contributed by atoms with van der Waals surface area (Å²) in [5.74, 6) is 1.11. The van der Waals surface area contributed by atoms with Gasteiger partial charge >= 0.3 is 0 Å². The molecule has 0 bridgehead atoms. The number of rotatable bonds is 7. The highest BCUT2D eigenvalue weighted by Crippen LogP contribution is 2.20. The van der Waals surface area contributed by atoms with E-state index in [1.54, 1.807) is 18.3 Å². The number of carbonyl (C=O) groups excluding carboxylic acids is 1. The van der Waals surface area contributed by atoms with E-state index in [9.17, 15) is 4.79 Å². The second kappa shape index (κ2) is 8.87. The molecule has 1 aromatic rings. The minimum absolute atomic E-state index is 0.0151. The van der Waals surface area contributed by atoms with Crippen LogP contribution in [0.2, 0.25) is 0 Å². The maximum atomic E-state index is 12.8. The Morgan fingerprint density at radius 3 is 3.09 bits per heavy atom. The van der Waals surface area contributed by atoms with Crippen LogP contribution in [0.15, 0.2) is 18.3 Å². The highest BCUT2D eigenvalue weighted by Gasteiger charge is 2.26. The molecule has 1 saturated heterocycles. The predicted octanol–water partition coefficient (Wildman–Crippen LogP) is 3.15. The number of nitrogens with zero attached hydrogens (tertiary/aromatic N) is 2. The Bertz CT molecular complexity index is 505. The van der Waals surface area contributed by atoms with Gasteiger partial charge in [0.05, 0.1) is 19.3 Å². The van der Waals surface area contributed by atoms with Crippen molar-refractivity contribution in [3.05, 3.63) is 23.9 Å². The van der Waals surface area contributed by atoms with Crippen molar-refractivity contribution in [3.63, 3.8) is 0 Å². The summed E-state index contributed by atoms with van der Waals surface area (Å²) in [4.78, 5) is 18.8. The molecule has 0 radical (unpaired) electrons. The van der Waals surface area contributed by atoms with Gasteiger partial charge in [0, 0.05) is 19.3 Å². The molecule has 0 N–H and O–H groups in total. The predicted molar refractivity (Wildman–Crippen MR) is 89.7 cm³/mol. The van der Waals surface area contributed by atoms with Gasteiger partial charge in [-0.15, -0.1) is 0 Å². The number of ether oxygens (including phenoxy) is 2. The number of pyridine rings is 1. The zero-order valence-electron chi connectivity index (χ0n) is 14.5. The minimum atomic E-state index is -0.0151. The second-order valence-corrected chi connectivity index (χ2v) is 6.36. The van der Waals surface area contributed by atoms with Crippen LogP contribution in [0.4, 0.5) is 0 Å². The first-order valence-corrected chi connectivity index (χ1v) is 8.60. The monoisotopic (exact) mass is 320 g/mol. The van der Waals surface area contributed by atoms with E-state index in [0.29, 0.717) is 43.7 Å². The van der Waals surface area contributed by atoms with Crippen LogP contribution in [0.5, 0.6) is 5.88 Å². The molecular weight excluding hydrogens is 292 g/mol. The second-order valence-electron chi connectivity index (χ2n) is 6.36. The molecule has 1 atom stereocenters. The molecule has 1 fully saturated rings. The highest BCUT2D eigenvalue weighted by atomic mass is 16.5. The molecule has 1 amide bonds. The molecule has 1 aliphatic heterocycles. The summed E-state index contributed by atoms with van der Waals surface area (Å²) < 4.78 is 11.3. The van der Waals surface area contributed by atoms with Crippen molar-refractivity contribution in [2.75, 3.05) is 26.3 Å². The Morgan fingerprint density at radius 1 is 1.52 bits per heavy atom. The van der Waals surface area contributed by atoms with Gasteiger partial charge in [-0.1, -0.05) is 26.7 Å². The lowest BCUT2D eigenvalue weighted by molar-refractivity contribution is -0.0261. The molecule has 0 saturated carbocycles. The van der Waals surface area contributed by atoms with Crippen LogP contribution < -0.4 is 4.74 Å². The van der Waals surface area contributed by atoms with E-state index in [0.717, 1.165) is 12.8 Å². The summed E-state index contributed by atoms with van der Waals surface area (Å²) in [6.45, 7) is 8.73. The molecule has 0 unspecified atom stereocenters. The van der Waals surface area contributed by atoms with Crippen LogP contribution in [0.1, 0.15) is 50.4 Å². The van der Waals surface area contributed by atoms with Crippen molar-refractivity contribution in [2.24, 2.45) is 5.92 Å². The van der Waals surface area contributed by atoms with Crippen molar-refractivity contribution in [1.29, 1.82) is 0 Å². The average molecular weight is 320 g/mol. The quantitative estimate of drug-likeness (QED) is 0.774. The van der Waals surface area contributed by atoms with Crippen LogP contribution in [0, 0.1) is 5.92 Å². The Labute approximate surface area is 139 Å². The third-order valence-corrected chi connectivity index (χ3v) is 4.02. The number of aromatic nitrogens is 1. The maximum Gasteiger partial charge on any atom is 0.259 e. The average Bonchev–Trinajstić information content (AvgIpc) is 2.55. The number of amides is 1. The summed E-state index contributed by atoms with van der Waals surface area (Å²) in [5, 5.41) is 0. The molecule has 2 heterocycles. The summed E-state index contributed by atoms with van der Waals surface area (Å²) in [6.07, 6.45) is 5.13. The normalized spacial score (nSPS) is 18.3. The van der Waals surface area contributed by atoms with Gasteiger partial charge in [-0.2, -0.15) is 0 Å². The van der Waals surface area contributed by atoms with Crippen molar-refractivity contribution >= 4 is 5.91 Å². The third-order valence-electron chi connectivity index (χ3n) is 4.02. The first-order valence-electron chi connectivity index (χ1n) is 8.60. The molecule has 2 rings (SSSR count). The van der Waals surface area contributed by atoms with E-state index < -0.39 is 0 Å². The molecule has 0 spiro atoms. The van der Waals surface area contributed by atoms with E-state index in [4.69, 9.17) is 9.47 Å². The summed E-state index contributed by atoms with van der Waals surface area (Å²) >= 11 is 0. The number of carbonyl (C=O) groups is 1. The van der Waals surface area contributed by atoms with Gasteiger partial charge in [-0.3, -0.25) is 4.79 Å². The van der Waals surface area contributed by atoms with E-state index in [1.165, 1.54) is 6.42 Å². The fourth-order valence-corrected chi connectivity index (χ4v) is 2.81. The van der Waals surface area contributed by atoms with Gasteiger partial charge in [-0.05, 0) is 31.4 Å². The van der Waals surface area contributed by atoms with Gasteiger partial charge < -0.3 is 14.4 Å². The van der Waals surface area contributed by atoms with E-state index in [1.807, 2.05) is 11.8 Å². The van der Waals surface area contributed by atoms with Crippen LogP contribution in [0.3, 0.4) is 0 Å². The lowest BCUT2D eigenvalue weighted by Crippen LogP contribution is -2.45. The molecule has 5 heteroatoms. The summed E-state index contributed by atoms with van der Waals surface area (Å²) in [6, 6.07) is 3.56. The third kappa shape index (κ3) is 5.20. The standard InChI is InChI=1S/C18H28N2O3/c1-4-22-17-16(9-6-10-19-17)18(21)20-11-12-23-15(13-20)8-5-7-14(2)3/h6,9-10,14-15H,4-5,7-8,11-13H2,1-3H3/t15-/m1/s1. The smallest absolute Gasteiger partial charge is 0.259 e. The maximum absolute atomic E-state index is 12.8. The zero-order chi connectivity index (χ0) is 16.7. The van der Waals surface area contributed by atoms with Gasteiger partial charge in [0.1, 0.15) is 5.56 Å². The molecule has 23 heavy (non-hydrogen) atoms. The van der Waals surface area contributed by atoms with Gasteiger partial charge in [0.2, 0.25) is 5.88 Å². The lowest BCUT2D eigenvalue weighted by Gasteiger charge is -2.33. The van der Waals surface area contributed by atoms with Crippen molar-refractivity contribution < 1.29 is 14.3 Å². The summed E-state index contributed by atoms with van der Waals surface area (Å²) in [7, 11) is 0. The molecule has 1 aromatic heterocycles.